The van der Waals surface area contributed by atoms with Gasteiger partial charge in [0.1, 0.15) is 5.82 Å². The number of amides is 1. The van der Waals surface area contributed by atoms with E-state index in [0.29, 0.717) is 19.4 Å². The van der Waals surface area contributed by atoms with Gasteiger partial charge in [-0.1, -0.05) is 30.3 Å². The van der Waals surface area contributed by atoms with Crippen LogP contribution in [0.1, 0.15) is 28.8 Å². The van der Waals surface area contributed by atoms with E-state index in [1.54, 1.807) is 18.6 Å². The molecule has 4 rings (SSSR count). The summed E-state index contributed by atoms with van der Waals surface area (Å²) in [5, 5.41) is 3.01. The number of anilines is 1. The molecule has 6 heteroatoms. The van der Waals surface area contributed by atoms with Crippen LogP contribution in [-0.4, -0.2) is 27.4 Å². The van der Waals surface area contributed by atoms with Crippen molar-refractivity contribution in [2.24, 2.45) is 0 Å². The molecule has 28 heavy (non-hydrogen) atoms. The number of fused-ring (bicyclic) bond motifs is 1. The summed E-state index contributed by atoms with van der Waals surface area (Å²) in [5.74, 6) is 0.954. The molecule has 1 N–H and O–H groups in total. The summed E-state index contributed by atoms with van der Waals surface area (Å²) in [5.41, 5.74) is 4.62. The van der Waals surface area contributed by atoms with Gasteiger partial charge in [0.15, 0.2) is 0 Å². The third kappa shape index (κ3) is 4.34. The van der Waals surface area contributed by atoms with Crippen molar-refractivity contribution < 1.29 is 4.79 Å². The number of carbonyl (C=O) groups is 1. The number of benzene rings is 1. The number of aromatic nitrogens is 3. The summed E-state index contributed by atoms with van der Waals surface area (Å²) < 4.78 is 0. The van der Waals surface area contributed by atoms with Crippen molar-refractivity contribution in [2.75, 3.05) is 11.4 Å². The van der Waals surface area contributed by atoms with Crippen LogP contribution in [0, 0.1) is 0 Å². The summed E-state index contributed by atoms with van der Waals surface area (Å²) >= 11 is 0. The van der Waals surface area contributed by atoms with E-state index in [2.05, 4.69) is 49.4 Å². The standard InChI is InChI=1S/C22H23N5O/c28-21(8-7-20-15-23-11-12-24-20)26-14-18-6-3-10-25-22(18)27-13-9-17-4-1-2-5-19(17)16-27/h1-6,10-12,15H,7-9,13-14,16H2,(H,26,28). The summed E-state index contributed by atoms with van der Waals surface area (Å²) in [7, 11) is 0. The first kappa shape index (κ1) is 18.1. The SMILES string of the molecule is O=C(CCc1cnccn1)NCc1cccnc1N1CCc2ccccc2C1. The van der Waals surface area contributed by atoms with Crippen molar-refractivity contribution >= 4 is 11.7 Å². The van der Waals surface area contributed by atoms with Gasteiger partial charge in [0.05, 0.1) is 5.69 Å². The van der Waals surface area contributed by atoms with Gasteiger partial charge in [-0.3, -0.25) is 14.8 Å². The van der Waals surface area contributed by atoms with Crippen LogP contribution in [0.3, 0.4) is 0 Å². The smallest absolute Gasteiger partial charge is 0.220 e. The Labute approximate surface area is 164 Å². The van der Waals surface area contributed by atoms with Crippen LogP contribution >= 0.6 is 0 Å². The number of nitrogens with zero attached hydrogens (tertiary/aromatic N) is 4. The monoisotopic (exact) mass is 373 g/mol. The van der Waals surface area contributed by atoms with Gasteiger partial charge >= 0.3 is 0 Å². The molecule has 3 heterocycles. The van der Waals surface area contributed by atoms with Crippen LogP contribution in [0.15, 0.2) is 61.2 Å². The van der Waals surface area contributed by atoms with Crippen LogP contribution in [0.2, 0.25) is 0 Å². The third-order valence-corrected chi connectivity index (χ3v) is 5.00. The van der Waals surface area contributed by atoms with E-state index in [9.17, 15) is 4.79 Å². The second kappa shape index (κ2) is 8.61. The second-order valence-corrected chi connectivity index (χ2v) is 6.90. The summed E-state index contributed by atoms with van der Waals surface area (Å²) in [6.07, 6.45) is 8.78. The van der Waals surface area contributed by atoms with Crippen LogP contribution in [0.5, 0.6) is 0 Å². The highest BCUT2D eigenvalue weighted by atomic mass is 16.1. The molecule has 1 aliphatic rings. The normalized spacial score (nSPS) is 13.1. The summed E-state index contributed by atoms with van der Waals surface area (Å²) in [6, 6.07) is 12.5. The number of hydrogen-bond acceptors (Lipinski definition) is 5. The van der Waals surface area contributed by atoms with E-state index in [0.717, 1.165) is 36.6 Å². The predicted octanol–water partition coefficient (Wildman–Crippen LogP) is 2.68. The van der Waals surface area contributed by atoms with Crippen molar-refractivity contribution in [3.8, 4) is 0 Å². The number of nitrogens with one attached hydrogen (secondary N) is 1. The lowest BCUT2D eigenvalue weighted by Crippen LogP contribution is -2.32. The van der Waals surface area contributed by atoms with Gasteiger partial charge in [-0.25, -0.2) is 4.98 Å². The summed E-state index contributed by atoms with van der Waals surface area (Å²) in [4.78, 5) is 27.4. The molecule has 0 saturated carbocycles. The van der Waals surface area contributed by atoms with Gasteiger partial charge in [-0.2, -0.15) is 0 Å². The fourth-order valence-corrected chi connectivity index (χ4v) is 3.51. The molecular weight excluding hydrogens is 350 g/mol. The molecule has 0 bridgehead atoms. The quantitative estimate of drug-likeness (QED) is 0.719. The van der Waals surface area contributed by atoms with Gasteiger partial charge in [-0.05, 0) is 30.0 Å². The first-order chi connectivity index (χ1) is 13.8. The lowest BCUT2D eigenvalue weighted by Gasteiger charge is -2.31. The Morgan fingerprint density at radius 2 is 1.93 bits per heavy atom. The van der Waals surface area contributed by atoms with Crippen LogP contribution in [-0.2, 0) is 30.7 Å². The Bertz CT molecular complexity index is 944. The van der Waals surface area contributed by atoms with E-state index < -0.39 is 0 Å². The van der Waals surface area contributed by atoms with Gasteiger partial charge in [0.25, 0.3) is 0 Å². The molecule has 0 aliphatic carbocycles. The highest BCUT2D eigenvalue weighted by Crippen LogP contribution is 2.25. The van der Waals surface area contributed by atoms with Crippen LogP contribution < -0.4 is 10.2 Å². The van der Waals surface area contributed by atoms with E-state index >= 15 is 0 Å². The second-order valence-electron chi connectivity index (χ2n) is 6.90. The van der Waals surface area contributed by atoms with Gasteiger partial charge < -0.3 is 10.2 Å². The number of pyridine rings is 1. The fraction of sp³-hybridized carbons (Fsp3) is 0.273. The Morgan fingerprint density at radius 1 is 1.04 bits per heavy atom. The molecular formula is C22H23N5O. The maximum atomic E-state index is 12.2. The van der Waals surface area contributed by atoms with E-state index in [1.165, 1.54) is 11.1 Å². The maximum absolute atomic E-state index is 12.2. The zero-order chi connectivity index (χ0) is 19.2. The molecule has 1 aliphatic heterocycles. The minimum absolute atomic E-state index is 0.00412. The predicted molar refractivity (Wildman–Crippen MR) is 108 cm³/mol. The van der Waals surface area contributed by atoms with Crippen LogP contribution in [0.4, 0.5) is 5.82 Å². The van der Waals surface area contributed by atoms with Crippen molar-refractivity contribution in [3.63, 3.8) is 0 Å². The molecule has 1 aromatic carbocycles. The average molecular weight is 373 g/mol. The van der Waals surface area contributed by atoms with Crippen molar-refractivity contribution in [1.29, 1.82) is 0 Å². The molecule has 3 aromatic rings. The first-order valence-corrected chi connectivity index (χ1v) is 9.57. The number of carbonyl (C=O) groups excluding carboxylic acids is 1. The Morgan fingerprint density at radius 3 is 2.79 bits per heavy atom. The lowest BCUT2D eigenvalue weighted by molar-refractivity contribution is -0.121. The Kier molecular flexibility index (Phi) is 5.56. The lowest BCUT2D eigenvalue weighted by atomic mass is 9.99. The molecule has 0 atom stereocenters. The van der Waals surface area contributed by atoms with Gasteiger partial charge in [0.2, 0.25) is 5.91 Å². The van der Waals surface area contributed by atoms with Crippen molar-refractivity contribution in [3.05, 3.63) is 83.6 Å². The zero-order valence-corrected chi connectivity index (χ0v) is 15.7. The number of hydrogen-bond donors (Lipinski definition) is 1. The van der Waals surface area contributed by atoms with E-state index in [4.69, 9.17) is 0 Å². The van der Waals surface area contributed by atoms with Crippen molar-refractivity contribution in [2.45, 2.75) is 32.4 Å². The topological polar surface area (TPSA) is 71.0 Å². The molecule has 1 amide bonds. The van der Waals surface area contributed by atoms with Gasteiger partial charge in [-0.15, -0.1) is 0 Å². The zero-order valence-electron chi connectivity index (χ0n) is 15.7. The number of rotatable bonds is 6. The molecule has 6 nitrogen and oxygen atoms in total. The summed E-state index contributed by atoms with van der Waals surface area (Å²) in [6.45, 7) is 2.25. The van der Waals surface area contributed by atoms with Crippen LogP contribution in [0.25, 0.3) is 0 Å². The minimum atomic E-state index is 0.00412. The molecule has 0 fully saturated rings. The minimum Gasteiger partial charge on any atom is -0.352 e. The number of aryl methyl sites for hydroxylation is 1. The molecule has 0 unspecified atom stereocenters. The molecule has 142 valence electrons. The molecule has 0 saturated heterocycles. The highest BCUT2D eigenvalue weighted by molar-refractivity contribution is 5.76. The maximum Gasteiger partial charge on any atom is 0.220 e. The first-order valence-electron chi connectivity index (χ1n) is 9.57. The Balaban J connectivity index is 1.38. The highest BCUT2D eigenvalue weighted by Gasteiger charge is 2.19. The third-order valence-electron chi connectivity index (χ3n) is 5.00. The van der Waals surface area contributed by atoms with E-state index in [-0.39, 0.29) is 5.91 Å². The van der Waals surface area contributed by atoms with Crippen molar-refractivity contribution in [1.82, 2.24) is 20.3 Å². The molecule has 0 radical (unpaired) electrons. The van der Waals surface area contributed by atoms with E-state index in [1.807, 2.05) is 18.3 Å². The molecule has 2 aromatic heterocycles. The van der Waals surface area contributed by atoms with Gasteiger partial charge in [0, 0.05) is 56.4 Å². The Hall–Kier alpha value is -3.28. The molecule has 0 spiro atoms. The fourth-order valence-electron chi connectivity index (χ4n) is 3.51. The average Bonchev–Trinajstić information content (AvgIpc) is 2.77. The largest absolute Gasteiger partial charge is 0.352 e.